The fraction of sp³-hybridized carbons (Fsp3) is 0.568. The van der Waals surface area contributed by atoms with E-state index in [9.17, 15) is 43.2 Å². The Labute approximate surface area is 380 Å². The van der Waals surface area contributed by atoms with E-state index < -0.39 is 110 Å². The predicted molar refractivity (Wildman–Crippen MR) is 241 cm³/mol. The van der Waals surface area contributed by atoms with E-state index in [2.05, 4.69) is 63.2 Å². The van der Waals surface area contributed by atoms with Crippen LogP contribution in [0.4, 0.5) is 9.59 Å². The van der Waals surface area contributed by atoms with Crippen LogP contribution in [0.5, 0.6) is 0 Å². The average Bonchev–Trinajstić information content (AvgIpc) is 3.23. The summed E-state index contributed by atoms with van der Waals surface area (Å²) in [6.07, 6.45) is 15.3. The minimum atomic E-state index is -1.51. The molecule has 0 aromatic carbocycles. The standard InChI is InChI=1S/C44H69N9O12/c1-7-16-32-42(60)53-33(19-15-22-47-43(45)61)40(58)48-26-37(55)52-34(25-50-44(46)62)41(59)49-27-39(57)64-31(24-38(56)65-35(29(4)5)20-21-36(54)51-32)23-30(63-6)18-14-12-10-8-9-11-13-17-28(2)3/h9-12,14,16,18,20-21,28-31,33-35H,7-8,13,15,17,19,22-27H2,1-6H3,(H,48,58)(H,49,59)(H,51,54)(H,52,55)(H,53,60)(H3,45,47,61)(H3,46,50,62)/b11-9+,12-10+,18-14+,21-20+,32-16-. The number of cyclic esters (lactones) is 2. The van der Waals surface area contributed by atoms with Crippen molar-refractivity contribution in [2.24, 2.45) is 23.3 Å². The molecule has 5 atom stereocenters. The van der Waals surface area contributed by atoms with Gasteiger partial charge in [-0.15, -0.1) is 0 Å². The van der Waals surface area contributed by atoms with Crippen LogP contribution < -0.4 is 48.7 Å². The number of hydrogen-bond acceptors (Lipinski definition) is 12. The molecule has 0 saturated heterocycles. The van der Waals surface area contributed by atoms with Gasteiger partial charge in [0.1, 0.15) is 36.5 Å². The van der Waals surface area contributed by atoms with Gasteiger partial charge in [0.2, 0.25) is 23.6 Å². The van der Waals surface area contributed by atoms with Gasteiger partial charge < -0.3 is 62.9 Å². The molecule has 0 aromatic heterocycles. The van der Waals surface area contributed by atoms with Gasteiger partial charge in [-0.2, -0.15) is 0 Å². The highest BCUT2D eigenvalue weighted by molar-refractivity contribution is 6.02. The van der Waals surface area contributed by atoms with Crippen molar-refractivity contribution in [2.45, 2.75) is 116 Å². The molecule has 1 rings (SSSR count). The number of carbonyl (C=O) groups is 9. The van der Waals surface area contributed by atoms with Gasteiger partial charge in [0, 0.05) is 32.7 Å². The Hall–Kier alpha value is -6.51. The third kappa shape index (κ3) is 26.7. The second-order valence-electron chi connectivity index (χ2n) is 15.7. The molecule has 11 N–H and O–H groups in total. The maximum absolute atomic E-state index is 13.5. The molecule has 9 amide bonds. The molecule has 0 saturated carbocycles. The highest BCUT2D eigenvalue weighted by atomic mass is 16.6. The van der Waals surface area contributed by atoms with E-state index in [1.165, 1.54) is 19.3 Å². The normalized spacial score (nSPS) is 22.1. The highest BCUT2D eigenvalue weighted by Gasteiger charge is 2.28. The Morgan fingerprint density at radius 2 is 1.57 bits per heavy atom. The lowest BCUT2D eigenvalue weighted by Crippen LogP contribution is -2.56. The van der Waals surface area contributed by atoms with Crippen LogP contribution in [0.3, 0.4) is 0 Å². The van der Waals surface area contributed by atoms with E-state index >= 15 is 0 Å². The zero-order valence-electron chi connectivity index (χ0n) is 38.3. The second-order valence-corrected chi connectivity index (χ2v) is 15.7. The zero-order chi connectivity index (χ0) is 48.7. The topological polar surface area (TPSA) is 318 Å². The summed E-state index contributed by atoms with van der Waals surface area (Å²) < 4.78 is 17.0. The largest absolute Gasteiger partial charge is 0.460 e. The summed E-state index contributed by atoms with van der Waals surface area (Å²) in [6, 6.07) is -4.66. The molecular weight excluding hydrogens is 847 g/mol. The summed E-state index contributed by atoms with van der Waals surface area (Å²) in [5.74, 6) is -5.83. The van der Waals surface area contributed by atoms with Crippen LogP contribution in [0, 0.1) is 11.8 Å². The van der Waals surface area contributed by atoms with Crippen LogP contribution in [0.2, 0.25) is 0 Å². The van der Waals surface area contributed by atoms with Crippen LogP contribution in [0.15, 0.2) is 60.4 Å². The summed E-state index contributed by atoms with van der Waals surface area (Å²) in [4.78, 5) is 116. The number of esters is 2. The van der Waals surface area contributed by atoms with Crippen LogP contribution in [-0.4, -0.2) is 117 Å². The maximum Gasteiger partial charge on any atom is 0.325 e. The molecule has 1 heterocycles. The van der Waals surface area contributed by atoms with E-state index in [0.717, 1.165) is 25.3 Å². The van der Waals surface area contributed by atoms with Gasteiger partial charge in [-0.1, -0.05) is 77.2 Å². The molecule has 0 fully saturated rings. The minimum Gasteiger partial charge on any atom is -0.460 e. The Balaban J connectivity index is 3.51. The van der Waals surface area contributed by atoms with Gasteiger partial charge in [0.15, 0.2) is 0 Å². The van der Waals surface area contributed by atoms with Crippen LogP contribution in [0.1, 0.15) is 86.0 Å². The zero-order valence-corrected chi connectivity index (χ0v) is 38.3. The van der Waals surface area contributed by atoms with E-state index in [4.69, 9.17) is 25.7 Å². The SMILES string of the molecule is CC/C=C1\NC(=O)/C=C/C(C(C)C)OC(=O)CC(CC(/C=C/C=C/C/C=C/CCC(C)C)OC)OC(=O)CNC(=O)C(CNC(N)=O)NC(=O)CNC(=O)C(CCCNC(N)=O)NC1=O. The number of nitrogens with two attached hydrogens (primary N) is 2. The molecule has 1 aliphatic heterocycles. The number of primary amides is 2. The number of carbonyl (C=O) groups excluding carboxylic acids is 9. The summed E-state index contributed by atoms with van der Waals surface area (Å²) in [7, 11) is 1.44. The van der Waals surface area contributed by atoms with Crippen molar-refractivity contribution < 1.29 is 57.4 Å². The fourth-order valence-corrected chi connectivity index (χ4v) is 5.78. The molecule has 362 valence electrons. The lowest BCUT2D eigenvalue weighted by Gasteiger charge is -2.24. The van der Waals surface area contributed by atoms with Crippen molar-refractivity contribution in [3.63, 3.8) is 0 Å². The first kappa shape index (κ1) is 56.5. The molecule has 1 aliphatic rings. The number of rotatable bonds is 18. The van der Waals surface area contributed by atoms with Crippen LogP contribution >= 0.6 is 0 Å². The Kier molecular flexibility index (Phi) is 28.0. The number of nitrogens with one attached hydrogen (secondary N) is 7. The number of allylic oxidation sites excluding steroid dienone is 6. The van der Waals surface area contributed by atoms with E-state index in [0.29, 0.717) is 5.92 Å². The van der Waals surface area contributed by atoms with Crippen molar-refractivity contribution in [3.05, 3.63) is 60.4 Å². The van der Waals surface area contributed by atoms with Crippen molar-refractivity contribution in [3.8, 4) is 0 Å². The van der Waals surface area contributed by atoms with Gasteiger partial charge >= 0.3 is 24.0 Å². The molecule has 0 aliphatic carbocycles. The lowest BCUT2D eigenvalue weighted by molar-refractivity contribution is -0.159. The van der Waals surface area contributed by atoms with Crippen LogP contribution in [0.25, 0.3) is 0 Å². The average molecular weight is 916 g/mol. The van der Waals surface area contributed by atoms with E-state index in [1.807, 2.05) is 12.2 Å². The second kappa shape index (κ2) is 32.2. The summed E-state index contributed by atoms with van der Waals surface area (Å²) in [5.41, 5.74) is 10.1. The number of urea groups is 2. The molecule has 65 heavy (non-hydrogen) atoms. The van der Waals surface area contributed by atoms with E-state index in [-0.39, 0.29) is 43.8 Å². The smallest absolute Gasteiger partial charge is 0.325 e. The van der Waals surface area contributed by atoms with Gasteiger partial charge in [-0.05, 0) is 56.4 Å². The first-order valence-corrected chi connectivity index (χ1v) is 21.7. The number of methoxy groups -OCH3 is 1. The third-order valence-electron chi connectivity index (χ3n) is 9.24. The van der Waals surface area contributed by atoms with Crippen LogP contribution in [-0.2, 0) is 47.8 Å². The van der Waals surface area contributed by atoms with Gasteiger partial charge in [-0.3, -0.25) is 33.6 Å². The molecule has 0 spiro atoms. The van der Waals surface area contributed by atoms with Crippen molar-refractivity contribution >= 4 is 53.5 Å². The number of amides is 9. The Morgan fingerprint density at radius 3 is 2.22 bits per heavy atom. The fourth-order valence-electron chi connectivity index (χ4n) is 5.78. The molecule has 0 radical (unpaired) electrons. The monoisotopic (exact) mass is 916 g/mol. The predicted octanol–water partition coefficient (Wildman–Crippen LogP) is 1.05. The lowest BCUT2D eigenvalue weighted by atomic mass is 10.1. The number of ether oxygens (including phenoxy) is 3. The Bertz CT molecular complexity index is 1760. The van der Waals surface area contributed by atoms with Crippen molar-refractivity contribution in [1.82, 2.24) is 37.2 Å². The molecule has 21 nitrogen and oxygen atoms in total. The van der Waals surface area contributed by atoms with Crippen molar-refractivity contribution in [1.29, 1.82) is 0 Å². The molecule has 21 heteroatoms. The first-order chi connectivity index (χ1) is 30.8. The Morgan fingerprint density at radius 1 is 0.877 bits per heavy atom. The van der Waals surface area contributed by atoms with Crippen molar-refractivity contribution in [2.75, 3.05) is 33.3 Å². The minimum absolute atomic E-state index is 0.0119. The summed E-state index contributed by atoms with van der Waals surface area (Å²) >= 11 is 0. The van der Waals surface area contributed by atoms with Gasteiger partial charge in [0.05, 0.1) is 19.1 Å². The molecule has 5 unspecified atom stereocenters. The molecule has 0 aromatic rings. The quantitative estimate of drug-likeness (QED) is 0.0307. The summed E-state index contributed by atoms with van der Waals surface area (Å²) in [5, 5.41) is 16.6. The highest BCUT2D eigenvalue weighted by Crippen LogP contribution is 2.16. The first-order valence-electron chi connectivity index (χ1n) is 21.7. The van der Waals surface area contributed by atoms with Gasteiger partial charge in [-0.25, -0.2) is 9.59 Å². The third-order valence-corrected chi connectivity index (χ3v) is 9.24. The molecular formula is C44H69N9O12. The van der Waals surface area contributed by atoms with Gasteiger partial charge in [0.25, 0.3) is 5.91 Å². The molecule has 0 bridgehead atoms. The number of hydrogen-bond donors (Lipinski definition) is 9. The summed E-state index contributed by atoms with van der Waals surface area (Å²) in [6.45, 7) is 7.58. The van der Waals surface area contributed by atoms with E-state index in [1.54, 1.807) is 32.9 Å². The maximum atomic E-state index is 13.5.